The summed E-state index contributed by atoms with van der Waals surface area (Å²) in [5, 5.41) is 33.1. The number of nitrogens with zero attached hydrogens (tertiary/aromatic N) is 4. The van der Waals surface area contributed by atoms with E-state index in [2.05, 4.69) is 9.47 Å². The standard InChI is InChI=1S/2C6H6N2O2/c2*1-5(9)10-6(2,3-7)4-8/h2*1-2H3. The molecule has 0 atom stereocenters. The molecule has 0 saturated carbocycles. The Labute approximate surface area is 116 Å². The maximum atomic E-state index is 10.3. The third-order valence-corrected chi connectivity index (χ3v) is 1.55. The molecule has 8 nitrogen and oxygen atoms in total. The normalized spacial score (nSPS) is 9.20. The van der Waals surface area contributed by atoms with Gasteiger partial charge in [0.15, 0.2) is 0 Å². The van der Waals surface area contributed by atoms with Crippen molar-refractivity contribution in [2.75, 3.05) is 0 Å². The van der Waals surface area contributed by atoms with Crippen molar-refractivity contribution < 1.29 is 19.1 Å². The minimum atomic E-state index is -1.63. The van der Waals surface area contributed by atoms with Gasteiger partial charge in [0.1, 0.15) is 24.3 Å². The first kappa shape index (κ1) is 19.2. The summed E-state index contributed by atoms with van der Waals surface area (Å²) in [6.07, 6.45) is 0. The predicted octanol–water partition coefficient (Wildman–Crippen LogP) is 0.711. The van der Waals surface area contributed by atoms with Gasteiger partial charge in [-0.3, -0.25) is 9.59 Å². The number of carbonyl (C=O) groups is 2. The molecule has 0 spiro atoms. The summed E-state index contributed by atoms with van der Waals surface area (Å²) in [4.78, 5) is 20.5. The number of ether oxygens (including phenoxy) is 2. The summed E-state index contributed by atoms with van der Waals surface area (Å²) in [5.74, 6) is -1.27. The fraction of sp³-hybridized carbons (Fsp3) is 0.500. The summed E-state index contributed by atoms with van der Waals surface area (Å²) in [6.45, 7) is 4.75. The molecule has 0 aromatic heterocycles. The molecule has 0 bridgehead atoms. The van der Waals surface area contributed by atoms with E-state index >= 15 is 0 Å². The molecule has 0 aliphatic rings. The highest BCUT2D eigenvalue weighted by atomic mass is 16.6. The lowest BCUT2D eigenvalue weighted by atomic mass is 10.2. The summed E-state index contributed by atoms with van der Waals surface area (Å²) < 4.78 is 8.75. The van der Waals surface area contributed by atoms with Crippen LogP contribution in [-0.4, -0.2) is 23.1 Å². The van der Waals surface area contributed by atoms with E-state index in [0.29, 0.717) is 0 Å². The Morgan fingerprint density at radius 3 is 1.00 bits per heavy atom. The third-order valence-electron chi connectivity index (χ3n) is 1.55. The van der Waals surface area contributed by atoms with Crippen molar-refractivity contribution in [3.63, 3.8) is 0 Å². The lowest BCUT2D eigenvalue weighted by Crippen LogP contribution is -2.26. The van der Waals surface area contributed by atoms with Gasteiger partial charge in [0.2, 0.25) is 0 Å². The maximum absolute atomic E-state index is 10.3. The number of hydrogen-bond acceptors (Lipinski definition) is 8. The predicted molar refractivity (Wildman–Crippen MR) is 62.8 cm³/mol. The Morgan fingerprint density at radius 2 is 0.950 bits per heavy atom. The monoisotopic (exact) mass is 276 g/mol. The molecule has 0 aromatic rings. The van der Waals surface area contributed by atoms with Crippen LogP contribution in [0.3, 0.4) is 0 Å². The van der Waals surface area contributed by atoms with Gasteiger partial charge in [0.25, 0.3) is 11.2 Å². The first-order chi connectivity index (χ1) is 9.08. The SMILES string of the molecule is CC(=O)OC(C)(C#N)C#N.CC(=O)OC(C)(C#N)C#N. The zero-order valence-corrected chi connectivity index (χ0v) is 11.4. The Balaban J connectivity index is 0. The van der Waals surface area contributed by atoms with E-state index in [4.69, 9.17) is 21.0 Å². The highest BCUT2D eigenvalue weighted by Gasteiger charge is 2.26. The van der Waals surface area contributed by atoms with Crippen LogP contribution in [0.5, 0.6) is 0 Å². The number of rotatable bonds is 2. The molecule has 0 aromatic carbocycles. The van der Waals surface area contributed by atoms with Crippen LogP contribution in [0.15, 0.2) is 0 Å². The van der Waals surface area contributed by atoms with Gasteiger partial charge in [-0.05, 0) is 0 Å². The molecule has 0 saturated heterocycles. The molecule has 0 N–H and O–H groups in total. The second-order valence-electron chi connectivity index (χ2n) is 3.70. The van der Waals surface area contributed by atoms with Gasteiger partial charge in [0.05, 0.1) is 0 Å². The quantitative estimate of drug-likeness (QED) is 0.669. The number of esters is 2. The molecule has 0 amide bonds. The van der Waals surface area contributed by atoms with Crippen molar-refractivity contribution in [1.29, 1.82) is 21.0 Å². The average molecular weight is 276 g/mol. The van der Waals surface area contributed by atoms with Crippen LogP contribution in [0.1, 0.15) is 27.7 Å². The Morgan fingerprint density at radius 1 is 0.750 bits per heavy atom. The fourth-order valence-corrected chi connectivity index (χ4v) is 0.716. The molecule has 0 rings (SSSR count). The van der Waals surface area contributed by atoms with Crippen LogP contribution in [0.25, 0.3) is 0 Å². The number of carbonyl (C=O) groups excluding carboxylic acids is 2. The first-order valence-corrected chi connectivity index (χ1v) is 5.12. The van der Waals surface area contributed by atoms with Crippen molar-refractivity contribution >= 4 is 11.9 Å². The molecule has 0 heterocycles. The molecule has 0 radical (unpaired) electrons. The van der Waals surface area contributed by atoms with Gasteiger partial charge in [0, 0.05) is 27.7 Å². The zero-order chi connectivity index (χ0) is 16.4. The van der Waals surface area contributed by atoms with Gasteiger partial charge >= 0.3 is 11.9 Å². The minimum Gasteiger partial charge on any atom is -0.430 e. The first-order valence-electron chi connectivity index (χ1n) is 5.12. The Hall–Kier alpha value is -3.10. The summed E-state index contributed by atoms with van der Waals surface area (Å²) in [7, 11) is 0. The fourth-order valence-electron chi connectivity index (χ4n) is 0.716. The lowest BCUT2D eigenvalue weighted by Gasteiger charge is -2.10. The summed E-state index contributed by atoms with van der Waals surface area (Å²) in [5.41, 5.74) is -3.27. The summed E-state index contributed by atoms with van der Waals surface area (Å²) in [6, 6.07) is 6.22. The van der Waals surface area contributed by atoms with Gasteiger partial charge in [-0.25, -0.2) is 0 Å². The zero-order valence-electron chi connectivity index (χ0n) is 11.4. The Kier molecular flexibility index (Phi) is 7.78. The molecule has 0 unspecified atom stereocenters. The van der Waals surface area contributed by atoms with Crippen LogP contribution in [0.4, 0.5) is 0 Å². The van der Waals surface area contributed by atoms with Crippen molar-refractivity contribution in [2.45, 2.75) is 38.9 Å². The molecule has 104 valence electrons. The van der Waals surface area contributed by atoms with Gasteiger partial charge in [-0.1, -0.05) is 0 Å². The third kappa shape index (κ3) is 8.06. The van der Waals surface area contributed by atoms with Crippen molar-refractivity contribution in [2.24, 2.45) is 0 Å². The second-order valence-corrected chi connectivity index (χ2v) is 3.70. The van der Waals surface area contributed by atoms with Gasteiger partial charge in [-0.15, -0.1) is 0 Å². The van der Waals surface area contributed by atoms with Crippen molar-refractivity contribution in [3.05, 3.63) is 0 Å². The summed E-state index contributed by atoms with van der Waals surface area (Å²) >= 11 is 0. The van der Waals surface area contributed by atoms with E-state index in [9.17, 15) is 9.59 Å². The lowest BCUT2D eigenvalue weighted by molar-refractivity contribution is -0.147. The van der Waals surface area contributed by atoms with Crippen LogP contribution in [0.2, 0.25) is 0 Å². The molecule has 0 fully saturated rings. The van der Waals surface area contributed by atoms with Crippen LogP contribution in [0, 0.1) is 45.3 Å². The number of hydrogen-bond donors (Lipinski definition) is 0. The van der Waals surface area contributed by atoms with Crippen molar-refractivity contribution in [3.8, 4) is 24.3 Å². The molecular formula is C12H12N4O4. The van der Waals surface area contributed by atoms with E-state index in [1.165, 1.54) is 13.8 Å². The topological polar surface area (TPSA) is 148 Å². The van der Waals surface area contributed by atoms with Crippen LogP contribution in [-0.2, 0) is 19.1 Å². The second kappa shape index (κ2) is 8.08. The number of nitriles is 4. The highest BCUT2D eigenvalue weighted by molar-refractivity contribution is 5.67. The molecule has 0 aliphatic carbocycles. The minimum absolute atomic E-state index is 0.634. The van der Waals surface area contributed by atoms with E-state index in [-0.39, 0.29) is 0 Å². The maximum Gasteiger partial charge on any atom is 0.305 e. The van der Waals surface area contributed by atoms with Crippen LogP contribution < -0.4 is 0 Å². The van der Waals surface area contributed by atoms with Crippen molar-refractivity contribution in [1.82, 2.24) is 0 Å². The van der Waals surface area contributed by atoms with Gasteiger partial charge < -0.3 is 9.47 Å². The highest BCUT2D eigenvalue weighted by Crippen LogP contribution is 2.06. The van der Waals surface area contributed by atoms with Crippen LogP contribution >= 0.6 is 0 Å². The van der Waals surface area contributed by atoms with E-state index < -0.39 is 23.1 Å². The smallest absolute Gasteiger partial charge is 0.305 e. The molecule has 0 aliphatic heterocycles. The molecular weight excluding hydrogens is 264 g/mol. The Bertz CT molecular complexity index is 464. The molecule has 20 heavy (non-hydrogen) atoms. The van der Waals surface area contributed by atoms with E-state index in [1.807, 2.05) is 0 Å². The molecule has 8 heteroatoms. The average Bonchev–Trinajstić information content (AvgIpc) is 2.37. The largest absolute Gasteiger partial charge is 0.430 e. The van der Waals surface area contributed by atoms with E-state index in [0.717, 1.165) is 13.8 Å². The van der Waals surface area contributed by atoms with E-state index in [1.54, 1.807) is 24.3 Å². The van der Waals surface area contributed by atoms with Gasteiger partial charge in [-0.2, -0.15) is 21.0 Å².